The second kappa shape index (κ2) is 8.24. The van der Waals surface area contributed by atoms with E-state index in [9.17, 15) is 5.11 Å². The first kappa shape index (κ1) is 19.1. The van der Waals surface area contributed by atoms with Gasteiger partial charge in [0.25, 0.3) is 0 Å². The van der Waals surface area contributed by atoms with Gasteiger partial charge < -0.3 is 24.8 Å². The molecule has 3 rings (SSSR count). The second-order valence-corrected chi connectivity index (χ2v) is 6.38. The number of hydrogen-bond acceptors (Lipinski definition) is 4. The molecule has 7 heteroatoms. The van der Waals surface area contributed by atoms with Gasteiger partial charge in [-0.1, -0.05) is 18.9 Å². The van der Waals surface area contributed by atoms with Crippen LogP contribution in [0.2, 0.25) is 0 Å². The lowest BCUT2D eigenvalue weighted by Crippen LogP contribution is -2.46. The van der Waals surface area contributed by atoms with Gasteiger partial charge in [0.2, 0.25) is 6.79 Å². The molecule has 0 spiro atoms. The van der Waals surface area contributed by atoms with Crippen LogP contribution in [0.1, 0.15) is 31.2 Å². The van der Waals surface area contributed by atoms with Crippen LogP contribution in [0.3, 0.4) is 0 Å². The van der Waals surface area contributed by atoms with Crippen molar-refractivity contribution in [1.82, 2.24) is 10.2 Å². The molecule has 6 nitrogen and oxygen atoms in total. The minimum absolute atomic E-state index is 0. The molecule has 1 heterocycles. The normalized spacial score (nSPS) is 18.2. The Labute approximate surface area is 160 Å². The summed E-state index contributed by atoms with van der Waals surface area (Å²) in [5.74, 6) is 2.37. The van der Waals surface area contributed by atoms with Crippen LogP contribution in [0, 0.1) is 0 Å². The van der Waals surface area contributed by atoms with E-state index in [0.717, 1.165) is 48.7 Å². The number of aliphatic imine (C=N–C) groups is 1. The largest absolute Gasteiger partial charge is 0.454 e. The lowest BCUT2D eigenvalue weighted by Gasteiger charge is -2.27. The molecule has 2 aliphatic rings. The molecule has 2 N–H and O–H groups in total. The molecule has 0 saturated heterocycles. The van der Waals surface area contributed by atoms with Crippen molar-refractivity contribution in [3.05, 3.63) is 23.8 Å². The number of benzene rings is 1. The highest BCUT2D eigenvalue weighted by Gasteiger charge is 2.31. The number of hydrogen-bond donors (Lipinski definition) is 2. The van der Waals surface area contributed by atoms with Crippen LogP contribution in [0.4, 0.5) is 0 Å². The molecule has 134 valence electrons. The monoisotopic (exact) mass is 447 g/mol. The van der Waals surface area contributed by atoms with E-state index in [1.807, 2.05) is 30.1 Å². The van der Waals surface area contributed by atoms with E-state index in [1.54, 1.807) is 7.05 Å². The Bertz CT molecular complexity index is 588. The fraction of sp³-hybridized carbons (Fsp3) is 0.588. The van der Waals surface area contributed by atoms with E-state index >= 15 is 0 Å². The van der Waals surface area contributed by atoms with Gasteiger partial charge in [0.15, 0.2) is 17.5 Å². The first-order valence-electron chi connectivity index (χ1n) is 8.12. The molecule has 1 aromatic rings. The first-order chi connectivity index (χ1) is 11.1. The van der Waals surface area contributed by atoms with Crippen molar-refractivity contribution >= 4 is 29.9 Å². The zero-order valence-corrected chi connectivity index (χ0v) is 16.6. The lowest BCUT2D eigenvalue weighted by atomic mass is 10.0. The molecule has 0 bridgehead atoms. The van der Waals surface area contributed by atoms with Crippen molar-refractivity contribution in [2.45, 2.75) is 37.8 Å². The summed E-state index contributed by atoms with van der Waals surface area (Å²) < 4.78 is 10.8. The molecule has 1 aliphatic carbocycles. The lowest BCUT2D eigenvalue weighted by molar-refractivity contribution is 0.0516. The van der Waals surface area contributed by atoms with Gasteiger partial charge in [-0.25, -0.2) is 0 Å². The summed E-state index contributed by atoms with van der Waals surface area (Å²) in [5, 5.41) is 13.7. The Morgan fingerprint density at radius 3 is 2.71 bits per heavy atom. The molecule has 1 saturated carbocycles. The van der Waals surface area contributed by atoms with Crippen molar-refractivity contribution in [3.8, 4) is 11.5 Å². The fourth-order valence-electron chi connectivity index (χ4n) is 3.23. The summed E-state index contributed by atoms with van der Waals surface area (Å²) in [4.78, 5) is 6.35. The smallest absolute Gasteiger partial charge is 0.231 e. The molecule has 1 aliphatic heterocycles. The maximum atomic E-state index is 10.4. The Kier molecular flexibility index (Phi) is 6.56. The summed E-state index contributed by atoms with van der Waals surface area (Å²) in [6, 6.07) is 5.96. The maximum Gasteiger partial charge on any atom is 0.231 e. The van der Waals surface area contributed by atoms with Crippen molar-refractivity contribution in [2.24, 2.45) is 4.99 Å². The minimum Gasteiger partial charge on any atom is -0.454 e. The summed E-state index contributed by atoms with van der Waals surface area (Å²) in [6.45, 7) is 1.54. The van der Waals surface area contributed by atoms with Gasteiger partial charge in [0, 0.05) is 27.2 Å². The number of aliphatic hydroxyl groups is 1. The Morgan fingerprint density at radius 2 is 2.00 bits per heavy atom. The van der Waals surface area contributed by atoms with Crippen LogP contribution in [0.25, 0.3) is 0 Å². The van der Waals surface area contributed by atoms with Crippen LogP contribution < -0.4 is 14.8 Å². The summed E-state index contributed by atoms with van der Waals surface area (Å²) in [6.07, 6.45) is 3.93. The number of guanidine groups is 1. The molecule has 0 amide bonds. The third-order valence-corrected chi connectivity index (χ3v) is 4.54. The van der Waals surface area contributed by atoms with Crippen LogP contribution in [-0.2, 0) is 6.54 Å². The molecule has 1 aromatic carbocycles. The number of fused-ring (bicyclic) bond motifs is 1. The SMILES string of the molecule is CN=C(NCC1(O)CCCC1)N(C)Cc1ccc2c(c1)OCO2.I. The van der Waals surface area contributed by atoms with E-state index in [1.165, 1.54) is 0 Å². The molecule has 0 radical (unpaired) electrons. The van der Waals surface area contributed by atoms with Crippen LogP contribution in [-0.4, -0.2) is 49.0 Å². The Balaban J connectivity index is 0.00000208. The van der Waals surface area contributed by atoms with Crippen molar-refractivity contribution in [2.75, 3.05) is 27.4 Å². The first-order valence-corrected chi connectivity index (χ1v) is 8.12. The third-order valence-electron chi connectivity index (χ3n) is 4.54. The zero-order chi connectivity index (χ0) is 16.3. The highest BCUT2D eigenvalue weighted by Crippen LogP contribution is 2.32. The summed E-state index contributed by atoms with van der Waals surface area (Å²) >= 11 is 0. The van der Waals surface area contributed by atoms with Crippen LogP contribution in [0.5, 0.6) is 11.5 Å². The van der Waals surface area contributed by atoms with Gasteiger partial charge in [-0.15, -0.1) is 24.0 Å². The van der Waals surface area contributed by atoms with Crippen LogP contribution >= 0.6 is 24.0 Å². The summed E-state index contributed by atoms with van der Waals surface area (Å²) in [7, 11) is 3.75. The topological polar surface area (TPSA) is 66.3 Å². The van der Waals surface area contributed by atoms with E-state index in [0.29, 0.717) is 13.1 Å². The number of nitrogens with one attached hydrogen (secondary N) is 1. The van der Waals surface area contributed by atoms with Crippen molar-refractivity contribution in [3.63, 3.8) is 0 Å². The highest BCUT2D eigenvalue weighted by atomic mass is 127. The number of nitrogens with zero attached hydrogens (tertiary/aromatic N) is 2. The van der Waals surface area contributed by atoms with Crippen LogP contribution in [0.15, 0.2) is 23.2 Å². The molecule has 0 unspecified atom stereocenters. The molecule has 0 aromatic heterocycles. The predicted molar refractivity (Wildman–Crippen MR) is 104 cm³/mol. The minimum atomic E-state index is -0.588. The van der Waals surface area contributed by atoms with E-state index in [-0.39, 0.29) is 30.8 Å². The average Bonchev–Trinajstić information content (AvgIpc) is 3.16. The number of rotatable bonds is 4. The van der Waals surface area contributed by atoms with E-state index in [2.05, 4.69) is 10.3 Å². The van der Waals surface area contributed by atoms with Gasteiger partial charge in [-0.05, 0) is 30.5 Å². The number of ether oxygens (including phenoxy) is 2. The van der Waals surface area contributed by atoms with Crippen molar-refractivity contribution < 1.29 is 14.6 Å². The van der Waals surface area contributed by atoms with Gasteiger partial charge in [-0.2, -0.15) is 0 Å². The summed E-state index contributed by atoms with van der Waals surface area (Å²) in [5.41, 5.74) is 0.537. The zero-order valence-electron chi connectivity index (χ0n) is 14.2. The van der Waals surface area contributed by atoms with Gasteiger partial charge >= 0.3 is 0 Å². The molecular formula is C17H26IN3O3. The predicted octanol–water partition coefficient (Wildman–Crippen LogP) is 2.35. The quantitative estimate of drug-likeness (QED) is 0.422. The van der Waals surface area contributed by atoms with Gasteiger partial charge in [0.05, 0.1) is 5.60 Å². The van der Waals surface area contributed by atoms with E-state index in [4.69, 9.17) is 9.47 Å². The molecule has 0 atom stereocenters. The highest BCUT2D eigenvalue weighted by molar-refractivity contribution is 14.0. The second-order valence-electron chi connectivity index (χ2n) is 6.38. The van der Waals surface area contributed by atoms with Crippen molar-refractivity contribution in [1.29, 1.82) is 0 Å². The molecular weight excluding hydrogens is 421 g/mol. The fourth-order valence-corrected chi connectivity index (χ4v) is 3.23. The number of halogens is 1. The Hall–Kier alpha value is -1.22. The van der Waals surface area contributed by atoms with Gasteiger partial charge in [0.1, 0.15) is 0 Å². The molecule has 1 fully saturated rings. The standard InChI is InChI=1S/C17H25N3O3.HI/c1-18-16(19-11-17(21)7-3-4-8-17)20(2)10-13-5-6-14-15(9-13)23-12-22-14;/h5-6,9,21H,3-4,7-8,10-12H2,1-2H3,(H,18,19);1H. The van der Waals surface area contributed by atoms with Gasteiger partial charge in [-0.3, -0.25) is 4.99 Å². The average molecular weight is 447 g/mol. The maximum absolute atomic E-state index is 10.4. The van der Waals surface area contributed by atoms with E-state index < -0.39 is 5.60 Å². The molecule has 24 heavy (non-hydrogen) atoms. The third kappa shape index (κ3) is 4.44. The Morgan fingerprint density at radius 1 is 1.29 bits per heavy atom.